The molecule has 3 heterocycles. The van der Waals surface area contributed by atoms with Gasteiger partial charge in [0.15, 0.2) is 0 Å². The van der Waals surface area contributed by atoms with E-state index in [0.717, 1.165) is 22.7 Å². The van der Waals surface area contributed by atoms with E-state index >= 15 is 0 Å². The number of rotatable bonds is 3. The molecule has 0 bridgehead atoms. The highest BCUT2D eigenvalue weighted by molar-refractivity contribution is 6.30. The van der Waals surface area contributed by atoms with Crippen molar-refractivity contribution >= 4 is 28.5 Å². The molecule has 0 saturated carbocycles. The fourth-order valence-electron chi connectivity index (χ4n) is 5.30. The van der Waals surface area contributed by atoms with Crippen molar-refractivity contribution in [2.75, 3.05) is 7.11 Å². The predicted octanol–water partition coefficient (Wildman–Crippen LogP) is 5.66. The molecule has 0 unspecified atom stereocenters. The van der Waals surface area contributed by atoms with Crippen LogP contribution in [0.4, 0.5) is 0 Å². The molecule has 0 amide bonds. The third-order valence-electron chi connectivity index (χ3n) is 6.63. The highest BCUT2D eigenvalue weighted by atomic mass is 35.5. The predicted molar refractivity (Wildman–Crippen MR) is 119 cm³/mol. The number of benzene rings is 2. The molecule has 0 radical (unpaired) electrons. The van der Waals surface area contributed by atoms with Gasteiger partial charge in [0, 0.05) is 40.5 Å². The third kappa shape index (κ3) is 2.90. The van der Waals surface area contributed by atoms with E-state index in [9.17, 15) is 4.79 Å². The number of fused-ring (bicyclic) bond motifs is 5. The van der Waals surface area contributed by atoms with Crippen LogP contribution in [0.15, 0.2) is 65.2 Å². The van der Waals surface area contributed by atoms with Crippen LogP contribution in [0.2, 0.25) is 0 Å². The van der Waals surface area contributed by atoms with E-state index in [1.54, 1.807) is 0 Å². The summed E-state index contributed by atoms with van der Waals surface area (Å²) in [6, 6.07) is 18.3. The molecule has 3 atom stereocenters. The largest absolute Gasteiger partial charge is 0.468 e. The lowest BCUT2D eigenvalue weighted by Crippen LogP contribution is -2.52. The van der Waals surface area contributed by atoms with Gasteiger partial charge < -0.3 is 9.72 Å². The Labute approximate surface area is 181 Å². The summed E-state index contributed by atoms with van der Waals surface area (Å²) >= 11 is 6.90. The summed E-state index contributed by atoms with van der Waals surface area (Å²) in [6.45, 7) is 2.14. The van der Waals surface area contributed by atoms with Gasteiger partial charge in [-0.1, -0.05) is 67.1 Å². The Morgan fingerprint density at radius 1 is 1.13 bits per heavy atom. The van der Waals surface area contributed by atoms with Crippen molar-refractivity contribution in [3.63, 3.8) is 0 Å². The average Bonchev–Trinajstić information content (AvgIpc) is 3.16. The highest BCUT2D eigenvalue weighted by Gasteiger charge is 2.48. The summed E-state index contributed by atoms with van der Waals surface area (Å²) in [5.41, 5.74) is 5.81. The molecular weight excluding hydrogens is 396 g/mol. The van der Waals surface area contributed by atoms with E-state index in [1.807, 2.05) is 30.3 Å². The highest BCUT2D eigenvalue weighted by Crippen LogP contribution is 2.52. The Morgan fingerprint density at radius 3 is 2.60 bits per heavy atom. The Kier molecular flexibility index (Phi) is 4.92. The van der Waals surface area contributed by atoms with E-state index in [2.05, 4.69) is 41.1 Å². The first kappa shape index (κ1) is 19.4. The molecule has 154 valence electrons. The van der Waals surface area contributed by atoms with Crippen LogP contribution in [0.3, 0.4) is 0 Å². The number of carbonyl (C=O) groups excluding carboxylic acids is 1. The molecule has 4 nitrogen and oxygen atoms in total. The molecule has 1 N–H and O–H groups in total. The molecule has 2 aliphatic heterocycles. The summed E-state index contributed by atoms with van der Waals surface area (Å²) in [6.07, 6.45) is 2.17. The number of aromatic amines is 1. The molecular formula is C25H25ClN2O2. The minimum absolute atomic E-state index is 0.0164. The molecule has 0 fully saturated rings. The van der Waals surface area contributed by atoms with Gasteiger partial charge in [0.25, 0.3) is 0 Å². The van der Waals surface area contributed by atoms with E-state index in [4.69, 9.17) is 16.3 Å². The smallest absolute Gasteiger partial charge is 0.323 e. The Hall–Kier alpha value is -2.56. The van der Waals surface area contributed by atoms with Gasteiger partial charge in [-0.05, 0) is 29.2 Å². The molecule has 2 aromatic carbocycles. The van der Waals surface area contributed by atoms with Gasteiger partial charge in [-0.15, -0.1) is 0 Å². The SMILES string of the molecule is CCC1=C(Cl)C[C@@H](c2ccccc2)N2[C@H](C(=O)OC)Cc3c([nH]c4ccccc34)[C@H]12. The first-order valence-electron chi connectivity index (χ1n) is 10.5. The number of nitrogens with one attached hydrogen (secondary N) is 1. The average molecular weight is 421 g/mol. The first-order valence-corrected chi connectivity index (χ1v) is 10.9. The first-order chi connectivity index (χ1) is 14.6. The zero-order chi connectivity index (χ0) is 20.8. The number of nitrogens with zero attached hydrogens (tertiary/aromatic N) is 1. The number of para-hydroxylation sites is 1. The molecule has 0 spiro atoms. The number of hydrogen-bond donors (Lipinski definition) is 1. The van der Waals surface area contributed by atoms with Crippen molar-refractivity contribution in [1.82, 2.24) is 9.88 Å². The number of aromatic nitrogens is 1. The van der Waals surface area contributed by atoms with Crippen molar-refractivity contribution in [3.05, 3.63) is 82.0 Å². The monoisotopic (exact) mass is 420 g/mol. The number of halogens is 1. The van der Waals surface area contributed by atoms with Crippen molar-refractivity contribution in [2.24, 2.45) is 0 Å². The number of hydrogen-bond acceptors (Lipinski definition) is 3. The molecule has 1 aromatic heterocycles. The van der Waals surface area contributed by atoms with Crippen LogP contribution in [0.1, 0.15) is 48.7 Å². The summed E-state index contributed by atoms with van der Waals surface area (Å²) in [5.74, 6) is -0.190. The quantitative estimate of drug-likeness (QED) is 0.556. The lowest BCUT2D eigenvalue weighted by molar-refractivity contribution is -0.150. The Morgan fingerprint density at radius 2 is 1.87 bits per heavy atom. The zero-order valence-electron chi connectivity index (χ0n) is 17.2. The van der Waals surface area contributed by atoms with Crippen LogP contribution in [-0.4, -0.2) is 29.0 Å². The zero-order valence-corrected chi connectivity index (χ0v) is 17.9. The number of carbonyl (C=O) groups is 1. The van der Waals surface area contributed by atoms with E-state index < -0.39 is 0 Å². The maximum absolute atomic E-state index is 13.0. The van der Waals surface area contributed by atoms with Gasteiger partial charge in [-0.25, -0.2) is 0 Å². The van der Waals surface area contributed by atoms with Gasteiger partial charge in [0.05, 0.1) is 13.2 Å². The second-order valence-corrected chi connectivity index (χ2v) is 8.53. The number of ether oxygens (including phenoxy) is 1. The molecule has 5 heteroatoms. The summed E-state index contributed by atoms with van der Waals surface area (Å²) in [7, 11) is 1.48. The minimum atomic E-state index is -0.358. The number of esters is 1. The molecule has 0 saturated heterocycles. The second-order valence-electron chi connectivity index (χ2n) is 8.07. The van der Waals surface area contributed by atoms with Crippen molar-refractivity contribution in [2.45, 2.75) is 44.3 Å². The van der Waals surface area contributed by atoms with Crippen molar-refractivity contribution in [1.29, 1.82) is 0 Å². The van der Waals surface area contributed by atoms with Crippen molar-refractivity contribution < 1.29 is 9.53 Å². The molecule has 5 rings (SSSR count). The van der Waals surface area contributed by atoms with E-state index in [-0.39, 0.29) is 24.1 Å². The van der Waals surface area contributed by atoms with Gasteiger partial charge in [0.1, 0.15) is 6.04 Å². The normalized spacial score (nSPS) is 23.9. The van der Waals surface area contributed by atoms with Crippen LogP contribution in [0, 0.1) is 0 Å². The number of methoxy groups -OCH3 is 1. The van der Waals surface area contributed by atoms with Gasteiger partial charge in [-0.3, -0.25) is 9.69 Å². The number of H-pyrrole nitrogens is 1. The van der Waals surface area contributed by atoms with Gasteiger partial charge >= 0.3 is 5.97 Å². The maximum atomic E-state index is 13.0. The fraction of sp³-hybridized carbons (Fsp3) is 0.320. The maximum Gasteiger partial charge on any atom is 0.323 e. The van der Waals surface area contributed by atoms with Crippen LogP contribution in [-0.2, 0) is 16.0 Å². The van der Waals surface area contributed by atoms with Crippen LogP contribution >= 0.6 is 11.6 Å². The fourth-order valence-corrected chi connectivity index (χ4v) is 5.68. The third-order valence-corrected chi connectivity index (χ3v) is 7.02. The molecule has 3 aromatic rings. The van der Waals surface area contributed by atoms with Gasteiger partial charge in [0.2, 0.25) is 0 Å². The molecule has 30 heavy (non-hydrogen) atoms. The molecule has 0 aliphatic carbocycles. The summed E-state index contributed by atoms with van der Waals surface area (Å²) in [5, 5.41) is 2.08. The van der Waals surface area contributed by atoms with E-state index in [0.29, 0.717) is 12.8 Å². The second kappa shape index (κ2) is 7.60. The standard InChI is InChI=1S/C25H25ClN2O2/c1-3-16-19(26)14-21(15-9-5-4-6-10-15)28-22(25(29)30-2)13-18-17-11-7-8-12-20(17)27-23(18)24(16)28/h4-12,21-22,24,27H,3,13-14H2,1-2H3/t21-,22-,24-/m0/s1. The van der Waals surface area contributed by atoms with Crippen molar-refractivity contribution in [3.8, 4) is 0 Å². The van der Waals surface area contributed by atoms with Gasteiger partial charge in [-0.2, -0.15) is 0 Å². The van der Waals surface area contributed by atoms with E-state index in [1.165, 1.54) is 29.2 Å². The summed E-state index contributed by atoms with van der Waals surface area (Å²) < 4.78 is 5.28. The van der Waals surface area contributed by atoms with Crippen LogP contribution in [0.25, 0.3) is 10.9 Å². The van der Waals surface area contributed by atoms with Crippen LogP contribution in [0.5, 0.6) is 0 Å². The van der Waals surface area contributed by atoms with Crippen LogP contribution < -0.4 is 0 Å². The Balaban J connectivity index is 1.76. The summed E-state index contributed by atoms with van der Waals surface area (Å²) in [4.78, 5) is 19.0. The Bertz CT molecular complexity index is 1130. The molecule has 2 aliphatic rings. The minimum Gasteiger partial charge on any atom is -0.468 e. The topological polar surface area (TPSA) is 45.3 Å². The lowest BCUT2D eigenvalue weighted by Gasteiger charge is -2.49. The lowest BCUT2D eigenvalue weighted by atomic mass is 9.80.